The number of amides is 1. The number of methoxy groups -OCH3 is 1. The van der Waals surface area contributed by atoms with Gasteiger partial charge < -0.3 is 15.2 Å². The Morgan fingerprint density at radius 3 is 2.83 bits per heavy atom. The summed E-state index contributed by atoms with van der Waals surface area (Å²) < 4.78 is 10.4. The van der Waals surface area contributed by atoms with Crippen molar-refractivity contribution in [1.29, 1.82) is 0 Å². The largest absolute Gasteiger partial charge is 0.381 e. The molecule has 4 heteroatoms. The summed E-state index contributed by atoms with van der Waals surface area (Å²) in [4.78, 5) is 10.8. The molecular weight excluding hydrogens is 158 g/mol. The lowest BCUT2D eigenvalue weighted by atomic mass is 10.1. The molecule has 70 valence electrons. The van der Waals surface area contributed by atoms with E-state index in [-0.39, 0.29) is 12.0 Å². The number of hydrogen-bond acceptors (Lipinski definition) is 3. The maximum absolute atomic E-state index is 10.8. The second-order valence-electron chi connectivity index (χ2n) is 2.99. The van der Waals surface area contributed by atoms with Crippen molar-refractivity contribution >= 4 is 5.91 Å². The van der Waals surface area contributed by atoms with E-state index in [2.05, 4.69) is 0 Å². The minimum Gasteiger partial charge on any atom is -0.381 e. The molecule has 1 aliphatic rings. The number of ether oxygens (including phenoxy) is 2. The van der Waals surface area contributed by atoms with Gasteiger partial charge in [0, 0.05) is 7.11 Å². The molecule has 12 heavy (non-hydrogen) atoms. The molecule has 0 saturated carbocycles. The van der Waals surface area contributed by atoms with Crippen molar-refractivity contribution in [3.8, 4) is 0 Å². The van der Waals surface area contributed by atoms with Crippen LogP contribution in [0.5, 0.6) is 0 Å². The van der Waals surface area contributed by atoms with Crippen LogP contribution in [0.15, 0.2) is 0 Å². The Balaban J connectivity index is 2.39. The molecule has 0 unspecified atom stereocenters. The van der Waals surface area contributed by atoms with Gasteiger partial charge in [0.25, 0.3) is 0 Å². The second-order valence-corrected chi connectivity index (χ2v) is 2.99. The molecule has 2 atom stereocenters. The van der Waals surface area contributed by atoms with Gasteiger partial charge in [-0.25, -0.2) is 0 Å². The topological polar surface area (TPSA) is 61.6 Å². The summed E-state index contributed by atoms with van der Waals surface area (Å²) in [6.45, 7) is 0.562. The molecule has 2 N–H and O–H groups in total. The molecule has 1 aliphatic heterocycles. The first-order valence-corrected chi connectivity index (χ1v) is 4.17. The molecule has 1 fully saturated rings. The monoisotopic (exact) mass is 173 g/mol. The van der Waals surface area contributed by atoms with Crippen LogP contribution in [0.2, 0.25) is 0 Å². The molecule has 1 amide bonds. The SMILES string of the molecule is CO[C@@H]1CCO[C@H](C(N)=O)CC1. The van der Waals surface area contributed by atoms with E-state index in [1.165, 1.54) is 0 Å². The smallest absolute Gasteiger partial charge is 0.246 e. The van der Waals surface area contributed by atoms with Crippen LogP contribution in [-0.2, 0) is 14.3 Å². The van der Waals surface area contributed by atoms with Gasteiger partial charge in [0.05, 0.1) is 12.7 Å². The molecule has 1 saturated heterocycles. The van der Waals surface area contributed by atoms with E-state index in [1.807, 2.05) is 0 Å². The summed E-state index contributed by atoms with van der Waals surface area (Å²) in [5.74, 6) is -0.369. The third-order valence-corrected chi connectivity index (χ3v) is 2.16. The van der Waals surface area contributed by atoms with Crippen molar-refractivity contribution in [2.24, 2.45) is 5.73 Å². The first kappa shape index (κ1) is 9.48. The van der Waals surface area contributed by atoms with E-state index >= 15 is 0 Å². The molecule has 0 aliphatic carbocycles. The Labute approximate surface area is 72.0 Å². The summed E-state index contributed by atoms with van der Waals surface area (Å²) in [6, 6.07) is 0. The van der Waals surface area contributed by atoms with Crippen LogP contribution in [0, 0.1) is 0 Å². The van der Waals surface area contributed by atoms with Gasteiger partial charge in [-0.1, -0.05) is 0 Å². The highest BCUT2D eigenvalue weighted by Gasteiger charge is 2.22. The number of carbonyl (C=O) groups excluding carboxylic acids is 1. The fourth-order valence-electron chi connectivity index (χ4n) is 1.37. The molecule has 0 aromatic heterocycles. The summed E-state index contributed by atoms with van der Waals surface area (Å²) in [5.41, 5.74) is 5.12. The zero-order valence-electron chi connectivity index (χ0n) is 7.29. The van der Waals surface area contributed by atoms with Crippen molar-refractivity contribution in [1.82, 2.24) is 0 Å². The molecule has 4 nitrogen and oxygen atoms in total. The van der Waals surface area contributed by atoms with Crippen LogP contribution >= 0.6 is 0 Å². The Morgan fingerprint density at radius 1 is 1.50 bits per heavy atom. The zero-order chi connectivity index (χ0) is 8.97. The van der Waals surface area contributed by atoms with Crippen molar-refractivity contribution in [3.63, 3.8) is 0 Å². The Bertz CT molecular complexity index is 160. The average molecular weight is 173 g/mol. The van der Waals surface area contributed by atoms with Crippen molar-refractivity contribution in [2.75, 3.05) is 13.7 Å². The molecule has 0 aromatic rings. The predicted molar refractivity (Wildman–Crippen MR) is 43.6 cm³/mol. The van der Waals surface area contributed by atoms with Gasteiger partial charge >= 0.3 is 0 Å². The van der Waals surface area contributed by atoms with Crippen LogP contribution in [0.25, 0.3) is 0 Å². The first-order valence-electron chi connectivity index (χ1n) is 4.17. The zero-order valence-corrected chi connectivity index (χ0v) is 7.29. The molecule has 1 rings (SSSR count). The fourth-order valence-corrected chi connectivity index (χ4v) is 1.37. The van der Waals surface area contributed by atoms with E-state index in [0.29, 0.717) is 13.0 Å². The van der Waals surface area contributed by atoms with Gasteiger partial charge in [0.15, 0.2) is 0 Å². The average Bonchev–Trinajstić information content (AvgIpc) is 2.28. The van der Waals surface area contributed by atoms with Crippen molar-refractivity contribution in [2.45, 2.75) is 31.5 Å². The van der Waals surface area contributed by atoms with Gasteiger partial charge in [-0.15, -0.1) is 0 Å². The Hall–Kier alpha value is -0.610. The third kappa shape index (κ3) is 2.46. The summed E-state index contributed by atoms with van der Waals surface area (Å²) >= 11 is 0. The van der Waals surface area contributed by atoms with E-state index in [0.717, 1.165) is 12.8 Å². The molecule has 0 aromatic carbocycles. The molecule has 0 radical (unpaired) electrons. The van der Waals surface area contributed by atoms with Gasteiger partial charge in [-0.2, -0.15) is 0 Å². The maximum Gasteiger partial charge on any atom is 0.246 e. The summed E-state index contributed by atoms with van der Waals surface area (Å²) in [7, 11) is 1.68. The van der Waals surface area contributed by atoms with Crippen LogP contribution < -0.4 is 5.73 Å². The Morgan fingerprint density at radius 2 is 2.25 bits per heavy atom. The van der Waals surface area contributed by atoms with Crippen molar-refractivity contribution in [3.05, 3.63) is 0 Å². The van der Waals surface area contributed by atoms with Gasteiger partial charge in [0.1, 0.15) is 6.10 Å². The normalized spacial score (nSPS) is 31.1. The molecule has 1 heterocycles. The molecule has 0 bridgehead atoms. The number of hydrogen-bond donors (Lipinski definition) is 1. The second kappa shape index (κ2) is 4.42. The number of carbonyl (C=O) groups is 1. The lowest BCUT2D eigenvalue weighted by Gasteiger charge is -2.10. The highest BCUT2D eigenvalue weighted by molar-refractivity contribution is 5.78. The standard InChI is InChI=1S/C8H15NO3/c1-11-6-2-3-7(8(9)10)12-5-4-6/h6-7H,2-5H2,1H3,(H2,9,10)/t6-,7-/m0/s1. The molecule has 0 spiro atoms. The minimum atomic E-state index is -0.412. The number of nitrogens with two attached hydrogens (primary N) is 1. The summed E-state index contributed by atoms with van der Waals surface area (Å²) in [5, 5.41) is 0. The minimum absolute atomic E-state index is 0.217. The highest BCUT2D eigenvalue weighted by atomic mass is 16.5. The first-order chi connectivity index (χ1) is 5.74. The quantitative estimate of drug-likeness (QED) is 0.642. The van der Waals surface area contributed by atoms with Crippen LogP contribution in [0.4, 0.5) is 0 Å². The maximum atomic E-state index is 10.8. The lowest BCUT2D eigenvalue weighted by Crippen LogP contribution is -2.30. The van der Waals surface area contributed by atoms with Gasteiger partial charge in [-0.3, -0.25) is 4.79 Å². The fraction of sp³-hybridized carbons (Fsp3) is 0.875. The Kier molecular flexibility index (Phi) is 3.49. The van der Waals surface area contributed by atoms with Gasteiger partial charge in [-0.05, 0) is 19.3 Å². The van der Waals surface area contributed by atoms with Gasteiger partial charge in [0.2, 0.25) is 5.91 Å². The highest BCUT2D eigenvalue weighted by Crippen LogP contribution is 2.15. The van der Waals surface area contributed by atoms with Crippen LogP contribution in [-0.4, -0.2) is 31.8 Å². The van der Waals surface area contributed by atoms with Crippen LogP contribution in [0.1, 0.15) is 19.3 Å². The number of primary amides is 1. The molecular formula is C8H15NO3. The van der Waals surface area contributed by atoms with Crippen molar-refractivity contribution < 1.29 is 14.3 Å². The number of rotatable bonds is 2. The van der Waals surface area contributed by atoms with E-state index in [4.69, 9.17) is 15.2 Å². The van der Waals surface area contributed by atoms with Crippen LogP contribution in [0.3, 0.4) is 0 Å². The van der Waals surface area contributed by atoms with E-state index < -0.39 is 6.10 Å². The van der Waals surface area contributed by atoms with E-state index in [9.17, 15) is 4.79 Å². The van der Waals surface area contributed by atoms with E-state index in [1.54, 1.807) is 7.11 Å². The summed E-state index contributed by atoms with van der Waals surface area (Å²) in [6.07, 6.45) is 2.18. The predicted octanol–water partition coefficient (Wildman–Crippen LogP) is 0.0558. The third-order valence-electron chi connectivity index (χ3n) is 2.16. The lowest BCUT2D eigenvalue weighted by molar-refractivity contribution is -0.129.